The van der Waals surface area contributed by atoms with Gasteiger partial charge in [0, 0.05) is 44.6 Å². The summed E-state index contributed by atoms with van der Waals surface area (Å²) in [5.74, 6) is 1.74. The van der Waals surface area contributed by atoms with Gasteiger partial charge >= 0.3 is 0 Å². The van der Waals surface area contributed by atoms with Crippen molar-refractivity contribution in [2.75, 3.05) is 31.1 Å². The zero-order valence-electron chi connectivity index (χ0n) is 12.2. The van der Waals surface area contributed by atoms with E-state index >= 15 is 0 Å². The van der Waals surface area contributed by atoms with Crippen molar-refractivity contribution in [3.63, 3.8) is 0 Å². The minimum Gasteiger partial charge on any atom is -0.468 e. The normalized spacial score (nSPS) is 19.4. The maximum atomic E-state index is 6.16. The summed E-state index contributed by atoms with van der Waals surface area (Å²) in [5, 5.41) is 0. The molecule has 3 rings (SSSR count). The zero-order chi connectivity index (χ0) is 14.7. The summed E-state index contributed by atoms with van der Waals surface area (Å²) in [6.07, 6.45) is 5.27. The molecule has 0 aromatic carbocycles. The Morgan fingerprint density at radius 2 is 1.86 bits per heavy atom. The molecule has 0 aliphatic carbocycles. The first kappa shape index (κ1) is 14.0. The highest BCUT2D eigenvalue weighted by atomic mass is 16.3. The van der Waals surface area contributed by atoms with Crippen LogP contribution in [-0.4, -0.2) is 47.1 Å². The van der Waals surface area contributed by atoms with Crippen molar-refractivity contribution in [3.8, 4) is 0 Å². The lowest BCUT2D eigenvalue weighted by molar-refractivity contribution is 0.146. The van der Waals surface area contributed by atoms with Gasteiger partial charge < -0.3 is 15.1 Å². The standard InChI is InChI=1S/C15H21N5O/c1-12(16)14(13-4-2-11-21-13)19-7-9-20(10-8-19)15-17-5-3-6-18-15/h2-6,11-12,14H,7-10,16H2,1H3. The molecule has 1 aliphatic heterocycles. The van der Waals surface area contributed by atoms with Crippen molar-refractivity contribution in [3.05, 3.63) is 42.6 Å². The highest BCUT2D eigenvalue weighted by Gasteiger charge is 2.29. The largest absolute Gasteiger partial charge is 0.468 e. The third kappa shape index (κ3) is 3.06. The topological polar surface area (TPSA) is 71.4 Å². The van der Waals surface area contributed by atoms with Crippen LogP contribution in [-0.2, 0) is 0 Å². The molecular weight excluding hydrogens is 266 g/mol. The maximum Gasteiger partial charge on any atom is 0.225 e. The van der Waals surface area contributed by atoms with Gasteiger partial charge in [-0.2, -0.15) is 0 Å². The molecule has 0 radical (unpaired) electrons. The van der Waals surface area contributed by atoms with Gasteiger partial charge in [-0.25, -0.2) is 9.97 Å². The van der Waals surface area contributed by atoms with Gasteiger partial charge in [-0.15, -0.1) is 0 Å². The minimum absolute atomic E-state index is 0.0238. The van der Waals surface area contributed by atoms with E-state index in [1.54, 1.807) is 18.7 Å². The smallest absolute Gasteiger partial charge is 0.225 e. The van der Waals surface area contributed by atoms with E-state index in [9.17, 15) is 0 Å². The molecule has 1 fully saturated rings. The molecule has 0 bridgehead atoms. The summed E-state index contributed by atoms with van der Waals surface area (Å²) in [6.45, 7) is 5.66. The molecule has 0 saturated carbocycles. The van der Waals surface area contributed by atoms with Gasteiger partial charge in [0.25, 0.3) is 0 Å². The Balaban J connectivity index is 1.67. The van der Waals surface area contributed by atoms with Crippen LogP contribution in [0.4, 0.5) is 5.95 Å². The molecule has 1 aliphatic rings. The summed E-state index contributed by atoms with van der Waals surface area (Å²) in [6, 6.07) is 5.90. The second kappa shape index (κ2) is 6.24. The predicted molar refractivity (Wildman–Crippen MR) is 80.9 cm³/mol. The molecule has 2 atom stereocenters. The van der Waals surface area contributed by atoms with Crippen molar-refractivity contribution in [2.24, 2.45) is 5.73 Å². The van der Waals surface area contributed by atoms with Gasteiger partial charge in [0.1, 0.15) is 5.76 Å². The lowest BCUT2D eigenvalue weighted by Gasteiger charge is -2.39. The summed E-state index contributed by atoms with van der Waals surface area (Å²) < 4.78 is 5.56. The van der Waals surface area contributed by atoms with Crippen LogP contribution in [0, 0.1) is 0 Å². The van der Waals surface area contributed by atoms with Gasteiger partial charge in [-0.05, 0) is 25.1 Å². The van der Waals surface area contributed by atoms with Crippen molar-refractivity contribution < 1.29 is 4.42 Å². The molecule has 6 nitrogen and oxygen atoms in total. The second-order valence-corrected chi connectivity index (χ2v) is 5.39. The van der Waals surface area contributed by atoms with Crippen molar-refractivity contribution in [2.45, 2.75) is 19.0 Å². The van der Waals surface area contributed by atoms with Crippen LogP contribution in [0.2, 0.25) is 0 Å². The van der Waals surface area contributed by atoms with Gasteiger partial charge in [0.2, 0.25) is 5.95 Å². The Morgan fingerprint density at radius 1 is 1.14 bits per heavy atom. The summed E-state index contributed by atoms with van der Waals surface area (Å²) in [7, 11) is 0. The van der Waals surface area contributed by atoms with E-state index in [2.05, 4.69) is 19.8 Å². The molecule has 2 aromatic rings. The Hall–Kier alpha value is -1.92. The van der Waals surface area contributed by atoms with Crippen LogP contribution >= 0.6 is 0 Å². The molecule has 2 N–H and O–H groups in total. The molecule has 0 spiro atoms. The van der Waals surface area contributed by atoms with Gasteiger partial charge in [-0.3, -0.25) is 4.90 Å². The number of aromatic nitrogens is 2. The molecular formula is C15H21N5O. The first-order valence-electron chi connectivity index (χ1n) is 7.30. The molecule has 3 heterocycles. The van der Waals surface area contributed by atoms with E-state index in [0.29, 0.717) is 0 Å². The van der Waals surface area contributed by atoms with Gasteiger partial charge in [0.15, 0.2) is 0 Å². The van der Waals surface area contributed by atoms with Crippen LogP contribution < -0.4 is 10.6 Å². The molecule has 6 heteroatoms. The molecule has 2 aromatic heterocycles. The van der Waals surface area contributed by atoms with E-state index < -0.39 is 0 Å². The fourth-order valence-electron chi connectivity index (χ4n) is 2.89. The number of rotatable bonds is 4. The number of hydrogen-bond acceptors (Lipinski definition) is 6. The average molecular weight is 287 g/mol. The average Bonchev–Trinajstić information content (AvgIpc) is 3.03. The number of nitrogens with zero attached hydrogens (tertiary/aromatic N) is 4. The van der Waals surface area contributed by atoms with E-state index in [1.807, 2.05) is 25.1 Å². The molecule has 0 amide bonds. The van der Waals surface area contributed by atoms with E-state index in [0.717, 1.165) is 37.9 Å². The molecule has 1 saturated heterocycles. The highest BCUT2D eigenvalue weighted by Crippen LogP contribution is 2.25. The summed E-state index contributed by atoms with van der Waals surface area (Å²) in [5.41, 5.74) is 6.16. The van der Waals surface area contributed by atoms with Crippen molar-refractivity contribution >= 4 is 5.95 Å². The molecule has 112 valence electrons. The fourth-order valence-corrected chi connectivity index (χ4v) is 2.89. The Bertz CT molecular complexity index is 534. The van der Waals surface area contributed by atoms with E-state index in [-0.39, 0.29) is 12.1 Å². The van der Waals surface area contributed by atoms with E-state index in [1.165, 1.54) is 0 Å². The first-order valence-corrected chi connectivity index (χ1v) is 7.30. The Kier molecular flexibility index (Phi) is 4.17. The number of furan rings is 1. The van der Waals surface area contributed by atoms with Crippen LogP contribution in [0.25, 0.3) is 0 Å². The predicted octanol–water partition coefficient (Wildman–Crippen LogP) is 1.28. The Labute approximate surface area is 124 Å². The fraction of sp³-hybridized carbons (Fsp3) is 0.467. The third-order valence-corrected chi connectivity index (χ3v) is 3.88. The number of nitrogens with two attached hydrogens (primary N) is 1. The van der Waals surface area contributed by atoms with E-state index in [4.69, 9.17) is 10.2 Å². The SMILES string of the molecule is CC(N)C(c1ccco1)N1CCN(c2ncccn2)CC1. The number of piperazine rings is 1. The summed E-state index contributed by atoms with van der Waals surface area (Å²) >= 11 is 0. The number of anilines is 1. The lowest BCUT2D eigenvalue weighted by atomic mass is 10.1. The quantitative estimate of drug-likeness (QED) is 0.913. The molecule has 2 unspecified atom stereocenters. The summed E-state index contributed by atoms with van der Waals surface area (Å²) in [4.78, 5) is 13.2. The zero-order valence-corrected chi connectivity index (χ0v) is 12.2. The van der Waals surface area contributed by atoms with Crippen molar-refractivity contribution in [1.82, 2.24) is 14.9 Å². The number of hydrogen-bond donors (Lipinski definition) is 1. The first-order chi connectivity index (χ1) is 10.3. The lowest BCUT2D eigenvalue weighted by Crippen LogP contribution is -2.51. The maximum absolute atomic E-state index is 6.16. The second-order valence-electron chi connectivity index (χ2n) is 5.39. The monoisotopic (exact) mass is 287 g/mol. The Morgan fingerprint density at radius 3 is 2.43 bits per heavy atom. The van der Waals surface area contributed by atoms with Gasteiger partial charge in [0.05, 0.1) is 12.3 Å². The highest BCUT2D eigenvalue weighted by molar-refractivity contribution is 5.29. The third-order valence-electron chi connectivity index (χ3n) is 3.88. The van der Waals surface area contributed by atoms with Gasteiger partial charge in [-0.1, -0.05) is 0 Å². The minimum atomic E-state index is 0.0238. The van der Waals surface area contributed by atoms with Crippen LogP contribution in [0.15, 0.2) is 41.3 Å². The van der Waals surface area contributed by atoms with Crippen LogP contribution in [0.1, 0.15) is 18.7 Å². The van der Waals surface area contributed by atoms with Crippen molar-refractivity contribution in [1.29, 1.82) is 0 Å². The molecule has 21 heavy (non-hydrogen) atoms. The van der Waals surface area contributed by atoms with Crippen LogP contribution in [0.3, 0.4) is 0 Å². The van der Waals surface area contributed by atoms with Crippen LogP contribution in [0.5, 0.6) is 0 Å².